The standard InChI is InChI=1S/C8H6BrClN2/c9-5-3-12-8-2-6(10)7(11)1-4(5)8/h1-3,12H,11H2. The van der Waals surface area contributed by atoms with E-state index in [0.29, 0.717) is 10.7 Å². The van der Waals surface area contributed by atoms with E-state index < -0.39 is 0 Å². The lowest BCUT2D eigenvalue weighted by Gasteiger charge is -1.97. The number of nitrogens with one attached hydrogen (secondary N) is 1. The molecule has 2 nitrogen and oxygen atoms in total. The molecule has 4 heteroatoms. The van der Waals surface area contributed by atoms with Crippen LogP contribution in [-0.4, -0.2) is 4.98 Å². The summed E-state index contributed by atoms with van der Waals surface area (Å²) in [6.07, 6.45) is 1.86. The Morgan fingerprint density at radius 1 is 1.42 bits per heavy atom. The molecule has 0 unspecified atom stereocenters. The number of rotatable bonds is 0. The number of anilines is 1. The summed E-state index contributed by atoms with van der Waals surface area (Å²) in [6.45, 7) is 0. The molecule has 1 aromatic carbocycles. The number of fused-ring (bicyclic) bond motifs is 1. The predicted molar refractivity (Wildman–Crippen MR) is 55.4 cm³/mol. The number of nitrogen functional groups attached to an aromatic ring is 1. The second kappa shape index (κ2) is 2.68. The van der Waals surface area contributed by atoms with Gasteiger partial charge in [-0.3, -0.25) is 0 Å². The molecular formula is C8H6BrClN2. The Hall–Kier alpha value is -0.670. The van der Waals surface area contributed by atoms with Crippen LogP contribution < -0.4 is 5.73 Å². The maximum atomic E-state index is 5.84. The number of aromatic amines is 1. The van der Waals surface area contributed by atoms with Gasteiger partial charge in [0.15, 0.2) is 0 Å². The molecule has 0 bridgehead atoms. The van der Waals surface area contributed by atoms with Crippen LogP contribution in [0.1, 0.15) is 0 Å². The van der Waals surface area contributed by atoms with Crippen LogP contribution in [0.15, 0.2) is 22.8 Å². The van der Waals surface area contributed by atoms with Crippen molar-refractivity contribution in [2.24, 2.45) is 0 Å². The molecule has 1 heterocycles. The third-order valence-electron chi connectivity index (χ3n) is 1.75. The van der Waals surface area contributed by atoms with Gasteiger partial charge in [0.1, 0.15) is 0 Å². The Bertz CT molecular complexity index is 436. The molecule has 12 heavy (non-hydrogen) atoms. The van der Waals surface area contributed by atoms with Gasteiger partial charge in [-0.2, -0.15) is 0 Å². The maximum Gasteiger partial charge on any atom is 0.0656 e. The summed E-state index contributed by atoms with van der Waals surface area (Å²) in [5.41, 5.74) is 7.24. The highest BCUT2D eigenvalue weighted by Gasteiger charge is 2.03. The van der Waals surface area contributed by atoms with Crippen molar-refractivity contribution in [1.82, 2.24) is 4.98 Å². The first-order valence-corrected chi connectivity index (χ1v) is 4.57. The first-order chi connectivity index (χ1) is 5.68. The topological polar surface area (TPSA) is 41.8 Å². The predicted octanol–water partition coefficient (Wildman–Crippen LogP) is 3.17. The lowest BCUT2D eigenvalue weighted by Crippen LogP contribution is -1.85. The van der Waals surface area contributed by atoms with E-state index in [1.165, 1.54) is 0 Å². The molecule has 2 aromatic rings. The van der Waals surface area contributed by atoms with Gasteiger partial charge in [0, 0.05) is 21.6 Å². The zero-order valence-corrected chi connectivity index (χ0v) is 8.41. The fraction of sp³-hybridized carbons (Fsp3) is 0. The largest absolute Gasteiger partial charge is 0.398 e. The number of hydrogen-bond donors (Lipinski definition) is 2. The molecule has 0 saturated carbocycles. The minimum Gasteiger partial charge on any atom is -0.398 e. The Morgan fingerprint density at radius 3 is 2.92 bits per heavy atom. The molecule has 0 aliphatic rings. The van der Waals surface area contributed by atoms with Crippen LogP contribution in [-0.2, 0) is 0 Å². The van der Waals surface area contributed by atoms with Crippen LogP contribution in [0.2, 0.25) is 5.02 Å². The van der Waals surface area contributed by atoms with E-state index >= 15 is 0 Å². The highest BCUT2D eigenvalue weighted by atomic mass is 79.9. The quantitative estimate of drug-likeness (QED) is 0.688. The molecule has 0 aliphatic heterocycles. The first kappa shape index (κ1) is 7.95. The molecule has 2 rings (SSSR count). The summed E-state index contributed by atoms with van der Waals surface area (Å²) in [5, 5.41) is 1.63. The van der Waals surface area contributed by atoms with Gasteiger partial charge in [-0.25, -0.2) is 0 Å². The van der Waals surface area contributed by atoms with Gasteiger partial charge in [0.05, 0.1) is 10.7 Å². The molecule has 1 aromatic heterocycles. The van der Waals surface area contributed by atoms with Crippen molar-refractivity contribution in [2.45, 2.75) is 0 Å². The molecule has 0 spiro atoms. The molecule has 0 atom stereocenters. The van der Waals surface area contributed by atoms with Crippen molar-refractivity contribution in [3.63, 3.8) is 0 Å². The second-order valence-electron chi connectivity index (χ2n) is 2.56. The summed E-state index contributed by atoms with van der Waals surface area (Å²) >= 11 is 9.23. The highest BCUT2D eigenvalue weighted by molar-refractivity contribution is 9.10. The molecule has 0 saturated heterocycles. The Kier molecular flexibility index (Phi) is 1.77. The van der Waals surface area contributed by atoms with E-state index in [-0.39, 0.29) is 0 Å². The number of aromatic nitrogens is 1. The second-order valence-corrected chi connectivity index (χ2v) is 3.82. The van der Waals surface area contributed by atoms with Crippen LogP contribution in [0.4, 0.5) is 5.69 Å². The molecule has 62 valence electrons. The number of hydrogen-bond acceptors (Lipinski definition) is 1. The normalized spacial score (nSPS) is 10.8. The zero-order valence-electron chi connectivity index (χ0n) is 6.07. The molecule has 0 fully saturated rings. The SMILES string of the molecule is Nc1cc2c(Br)c[nH]c2cc1Cl. The van der Waals surface area contributed by atoms with Gasteiger partial charge in [-0.05, 0) is 28.1 Å². The third-order valence-corrected chi connectivity index (χ3v) is 2.73. The first-order valence-electron chi connectivity index (χ1n) is 3.40. The van der Waals surface area contributed by atoms with Crippen molar-refractivity contribution in [3.05, 3.63) is 27.8 Å². The fourth-order valence-corrected chi connectivity index (χ4v) is 1.73. The monoisotopic (exact) mass is 244 g/mol. The molecule has 0 amide bonds. The van der Waals surface area contributed by atoms with E-state index in [0.717, 1.165) is 15.4 Å². The van der Waals surface area contributed by atoms with Crippen molar-refractivity contribution in [1.29, 1.82) is 0 Å². The van der Waals surface area contributed by atoms with E-state index in [2.05, 4.69) is 20.9 Å². The minimum absolute atomic E-state index is 0.580. The average molecular weight is 246 g/mol. The van der Waals surface area contributed by atoms with E-state index in [9.17, 15) is 0 Å². The number of nitrogens with two attached hydrogens (primary N) is 1. The summed E-state index contributed by atoms with van der Waals surface area (Å²) in [4.78, 5) is 3.07. The van der Waals surface area contributed by atoms with Crippen LogP contribution in [0, 0.1) is 0 Å². The Balaban J connectivity index is 2.87. The Labute approximate surface area is 82.8 Å². The highest BCUT2D eigenvalue weighted by Crippen LogP contribution is 2.29. The summed E-state index contributed by atoms with van der Waals surface area (Å²) in [7, 11) is 0. The Morgan fingerprint density at radius 2 is 2.17 bits per heavy atom. The molecule has 0 radical (unpaired) electrons. The fourth-order valence-electron chi connectivity index (χ4n) is 1.13. The van der Waals surface area contributed by atoms with Gasteiger partial charge < -0.3 is 10.7 Å². The van der Waals surface area contributed by atoms with E-state index in [1.54, 1.807) is 0 Å². The van der Waals surface area contributed by atoms with Crippen LogP contribution >= 0.6 is 27.5 Å². The van der Waals surface area contributed by atoms with E-state index in [1.807, 2.05) is 18.3 Å². The summed E-state index contributed by atoms with van der Waals surface area (Å²) in [5.74, 6) is 0. The number of H-pyrrole nitrogens is 1. The summed E-state index contributed by atoms with van der Waals surface area (Å²) < 4.78 is 1.00. The van der Waals surface area contributed by atoms with Crippen LogP contribution in [0.5, 0.6) is 0 Å². The zero-order chi connectivity index (χ0) is 8.72. The van der Waals surface area contributed by atoms with Crippen LogP contribution in [0.25, 0.3) is 10.9 Å². The van der Waals surface area contributed by atoms with Gasteiger partial charge in [0.2, 0.25) is 0 Å². The molecule has 0 aliphatic carbocycles. The van der Waals surface area contributed by atoms with Crippen LogP contribution in [0.3, 0.4) is 0 Å². The average Bonchev–Trinajstić information content (AvgIpc) is 2.35. The molecular weight excluding hydrogens is 239 g/mol. The number of halogens is 2. The van der Waals surface area contributed by atoms with Gasteiger partial charge in [-0.15, -0.1) is 0 Å². The van der Waals surface area contributed by atoms with Gasteiger partial charge in [-0.1, -0.05) is 11.6 Å². The van der Waals surface area contributed by atoms with Gasteiger partial charge in [0.25, 0.3) is 0 Å². The maximum absolute atomic E-state index is 5.84. The smallest absolute Gasteiger partial charge is 0.0656 e. The minimum atomic E-state index is 0.580. The summed E-state index contributed by atoms with van der Waals surface area (Å²) in [6, 6.07) is 3.66. The molecule has 3 N–H and O–H groups in total. The van der Waals surface area contributed by atoms with Gasteiger partial charge >= 0.3 is 0 Å². The van der Waals surface area contributed by atoms with E-state index in [4.69, 9.17) is 17.3 Å². The van der Waals surface area contributed by atoms with Crippen molar-refractivity contribution >= 4 is 44.1 Å². The number of benzene rings is 1. The van der Waals surface area contributed by atoms with Crippen molar-refractivity contribution in [2.75, 3.05) is 5.73 Å². The third kappa shape index (κ3) is 1.09. The van der Waals surface area contributed by atoms with Crippen molar-refractivity contribution in [3.8, 4) is 0 Å². The lowest BCUT2D eigenvalue weighted by molar-refractivity contribution is 1.47. The van der Waals surface area contributed by atoms with Crippen molar-refractivity contribution < 1.29 is 0 Å². The lowest BCUT2D eigenvalue weighted by atomic mass is 10.2.